The number of hydrogen-bond acceptors (Lipinski definition) is 8. The zero-order valence-corrected chi connectivity index (χ0v) is 56.1. The number of rotatable bonds is 16. The van der Waals surface area contributed by atoms with Crippen molar-refractivity contribution in [1.82, 2.24) is 0 Å². The van der Waals surface area contributed by atoms with Crippen LogP contribution in [-0.2, 0) is 12.8 Å². The number of phenolic OH excluding ortho intramolecular Hbond substituents is 5. The third-order valence-corrected chi connectivity index (χ3v) is 21.8. The Balaban J connectivity index is 1.08. The van der Waals surface area contributed by atoms with E-state index in [1.54, 1.807) is 6.08 Å². The van der Waals surface area contributed by atoms with Crippen molar-refractivity contribution < 1.29 is 40.9 Å². The summed E-state index contributed by atoms with van der Waals surface area (Å²) in [6.07, 6.45) is 1.59. The number of phenols is 5. The summed E-state index contributed by atoms with van der Waals surface area (Å²) in [7, 11) is 0. The summed E-state index contributed by atoms with van der Waals surface area (Å²) in [4.78, 5) is 0. The zero-order chi connectivity index (χ0) is 65.5. The lowest BCUT2D eigenvalue weighted by Crippen LogP contribution is -2.31. The van der Waals surface area contributed by atoms with Gasteiger partial charge in [-0.15, -0.1) is 0 Å². The minimum absolute atomic E-state index is 0.0897. The molecule has 4 unspecified atom stereocenters. The first kappa shape index (κ1) is 63.0. The van der Waals surface area contributed by atoms with E-state index in [4.69, 9.17) is 0 Å². The average Bonchev–Trinajstić information content (AvgIpc) is 0.811. The van der Waals surface area contributed by atoms with Crippen LogP contribution >= 0.6 is 20.7 Å². The van der Waals surface area contributed by atoms with Crippen LogP contribution in [0.2, 0.25) is 0 Å². The molecule has 0 spiro atoms. The molecule has 0 saturated heterocycles. The Labute approximate surface area is 549 Å². The van der Waals surface area contributed by atoms with Crippen LogP contribution in [0.25, 0.3) is 76.8 Å². The Hall–Kier alpha value is -9.16. The second-order valence-corrected chi connectivity index (χ2v) is 27.6. The first-order valence-corrected chi connectivity index (χ1v) is 34.2. The fraction of sp³-hybridized carbons (Fsp3) is 0.217. The Morgan fingerprint density at radius 2 is 0.902 bits per heavy atom. The molecule has 11 aromatic rings. The highest BCUT2D eigenvalue weighted by atomic mass is 127. The summed E-state index contributed by atoms with van der Waals surface area (Å²) in [5.41, 5.74) is 24.2. The predicted molar refractivity (Wildman–Crippen MR) is 388 cm³/mol. The average molecular weight is 1330 g/mol. The van der Waals surface area contributed by atoms with Crippen LogP contribution in [-0.4, -0.2) is 51.5 Å². The van der Waals surface area contributed by atoms with Gasteiger partial charge in [-0.3, -0.25) is 0 Å². The lowest BCUT2D eigenvalue weighted by molar-refractivity contribution is 0.0922. The number of aliphatic hydroxyl groups excluding tert-OH is 3. The normalized spacial score (nSPS) is 15.1. The van der Waals surface area contributed by atoms with E-state index in [9.17, 15) is 40.9 Å². The van der Waals surface area contributed by atoms with Crippen molar-refractivity contribution in [2.24, 2.45) is 5.92 Å². The fourth-order valence-corrected chi connectivity index (χ4v) is 17.2. The number of hydrogen-bond donors (Lipinski definition) is 8. The van der Waals surface area contributed by atoms with Crippen LogP contribution in [0.3, 0.4) is 0 Å². The standard InChI is InChI=1S/C83H79IO8/c1-13-56-68(57(14-2)77(86)80(89)76(56)85)41-69(62-33-34-65(58-25-15-42(3)35-46(58)7)70(50(62)11)60-27-17-44(5)37-48(60)9)64-30-22-52-21-29-63-53(20-19-51-23-31-67(64)72(52)71(51)63)39-55(73-78(87)81(90)83(92)82(91)79(73)88)40-54-24-32-66(59-26-16-43(4)36-47(59)8)74(75(54)84-12)61-28-18-45(6)38-49(61)10/h13,15-38,55,57,69,77,85-92H,1,12,14,39-41H2,2-11H3. The molecule has 8 N–H and O–H groups in total. The molecular weight excluding hydrogens is 1250 g/mol. The molecule has 0 fully saturated rings. The molecule has 11 aromatic carbocycles. The van der Waals surface area contributed by atoms with Crippen molar-refractivity contribution >= 4 is 57.6 Å². The van der Waals surface area contributed by atoms with Gasteiger partial charge in [0.1, 0.15) is 6.10 Å². The second-order valence-electron chi connectivity index (χ2n) is 25.7. The first-order chi connectivity index (χ1) is 44.0. The summed E-state index contributed by atoms with van der Waals surface area (Å²) in [5, 5.41) is 98.2. The van der Waals surface area contributed by atoms with Crippen molar-refractivity contribution in [1.29, 1.82) is 0 Å². The quantitative estimate of drug-likeness (QED) is 0.0205. The van der Waals surface area contributed by atoms with E-state index >= 15 is 0 Å². The fourth-order valence-electron chi connectivity index (χ4n) is 15.4. The highest BCUT2D eigenvalue weighted by molar-refractivity contribution is 14.2. The molecule has 92 heavy (non-hydrogen) atoms. The van der Waals surface area contributed by atoms with E-state index < -0.39 is 73.2 Å². The summed E-state index contributed by atoms with van der Waals surface area (Å²) >= 11 is -0.900. The van der Waals surface area contributed by atoms with Crippen LogP contribution in [0.5, 0.6) is 28.7 Å². The van der Waals surface area contributed by atoms with Gasteiger partial charge in [-0.1, -0.05) is 218 Å². The highest BCUT2D eigenvalue weighted by Gasteiger charge is 2.38. The largest absolute Gasteiger partial charge is 0.506 e. The maximum Gasteiger partial charge on any atom is 0.208 e. The molecule has 466 valence electrons. The van der Waals surface area contributed by atoms with E-state index in [2.05, 4.69) is 219 Å². The maximum absolute atomic E-state index is 12.0. The van der Waals surface area contributed by atoms with Crippen LogP contribution in [0.15, 0.2) is 181 Å². The van der Waals surface area contributed by atoms with E-state index in [1.165, 1.54) is 16.7 Å². The number of halogens is 1. The number of aromatic hydroxyl groups is 5. The van der Waals surface area contributed by atoms with Crippen molar-refractivity contribution in [3.05, 3.63) is 262 Å². The van der Waals surface area contributed by atoms with Gasteiger partial charge in [-0.2, -0.15) is 0 Å². The molecule has 0 saturated carbocycles. The Morgan fingerprint density at radius 1 is 0.467 bits per heavy atom. The van der Waals surface area contributed by atoms with Gasteiger partial charge in [0.25, 0.3) is 0 Å². The van der Waals surface area contributed by atoms with Gasteiger partial charge < -0.3 is 40.9 Å². The van der Waals surface area contributed by atoms with E-state index in [-0.39, 0.29) is 30.1 Å². The summed E-state index contributed by atoms with van der Waals surface area (Å²) in [6, 6.07) is 52.3. The third kappa shape index (κ3) is 10.8. The molecule has 0 heterocycles. The van der Waals surface area contributed by atoms with Crippen LogP contribution in [0.4, 0.5) is 0 Å². The minimum atomic E-state index is -1.33. The Bertz CT molecular complexity index is 4900. The lowest BCUT2D eigenvalue weighted by atomic mass is 9.72. The molecular formula is C83H79IO8. The SMILES string of the molecule is C=CC1=C(CC(c2ccc(-c3ccc(C)cc3C)c(-c3ccc(C)cc3C)c2C)c2ccc3ccc4c(CC(Cc5ccc(-c6ccc(C)cc6C)c(-c6ccc(C)cc6C)c5I=C)c5c(O)c(O)c(O)c(O)c5O)ccc5ccc2c3c54)C(CC)C(O)C(O)=C1O. The van der Waals surface area contributed by atoms with Gasteiger partial charge in [0.05, 0.1) is 0 Å². The van der Waals surface area contributed by atoms with Gasteiger partial charge in [0.2, 0.25) is 17.2 Å². The maximum atomic E-state index is 12.0. The lowest BCUT2D eigenvalue weighted by Gasteiger charge is -2.34. The van der Waals surface area contributed by atoms with Crippen molar-refractivity contribution in [3.8, 4) is 73.3 Å². The van der Waals surface area contributed by atoms with Crippen LogP contribution in [0.1, 0.15) is 109 Å². The number of allylic oxidation sites excluding steroid dienone is 1. The van der Waals surface area contributed by atoms with Gasteiger partial charge in [-0.25, -0.2) is 0 Å². The van der Waals surface area contributed by atoms with Gasteiger partial charge >= 0.3 is 0 Å². The Kier molecular flexibility index (Phi) is 17.0. The van der Waals surface area contributed by atoms with Gasteiger partial charge in [0.15, 0.2) is 23.0 Å². The number of benzene rings is 11. The summed E-state index contributed by atoms with van der Waals surface area (Å²) in [6.45, 7) is 25.4. The molecule has 0 aromatic heterocycles. The smallest absolute Gasteiger partial charge is 0.208 e. The Morgan fingerprint density at radius 3 is 1.43 bits per heavy atom. The van der Waals surface area contributed by atoms with Crippen molar-refractivity contribution in [2.45, 2.75) is 113 Å². The van der Waals surface area contributed by atoms with E-state index in [0.29, 0.717) is 18.4 Å². The highest BCUT2D eigenvalue weighted by Crippen LogP contribution is 2.56. The van der Waals surface area contributed by atoms with Crippen LogP contribution in [0, 0.1) is 71.8 Å². The van der Waals surface area contributed by atoms with E-state index in [0.717, 1.165) is 142 Å². The zero-order valence-electron chi connectivity index (χ0n) is 53.9. The molecule has 12 rings (SSSR count). The van der Waals surface area contributed by atoms with Gasteiger partial charge in [-0.05, 0) is 215 Å². The number of aryl methyl sites for hydroxylation is 8. The van der Waals surface area contributed by atoms with Crippen molar-refractivity contribution in [3.63, 3.8) is 0 Å². The van der Waals surface area contributed by atoms with Crippen molar-refractivity contribution in [2.75, 3.05) is 0 Å². The molecule has 4 atom stereocenters. The molecule has 0 aliphatic heterocycles. The molecule has 0 amide bonds. The minimum Gasteiger partial charge on any atom is -0.506 e. The molecule has 1 aliphatic rings. The molecule has 9 heteroatoms. The molecule has 0 bridgehead atoms. The second kappa shape index (κ2) is 24.8. The van der Waals surface area contributed by atoms with Crippen LogP contribution < -0.4 is 0 Å². The number of aliphatic hydroxyl groups is 3. The molecule has 8 nitrogen and oxygen atoms in total. The van der Waals surface area contributed by atoms with Gasteiger partial charge in [0, 0.05) is 32.1 Å². The summed E-state index contributed by atoms with van der Waals surface area (Å²) < 4.78 is 5.74. The topological polar surface area (TPSA) is 162 Å². The third-order valence-electron chi connectivity index (χ3n) is 19.8. The monoisotopic (exact) mass is 1330 g/mol. The predicted octanol–water partition coefficient (Wildman–Crippen LogP) is 20.4. The van der Waals surface area contributed by atoms with E-state index in [1.807, 2.05) is 6.92 Å². The summed E-state index contributed by atoms with van der Waals surface area (Å²) in [5.74, 6) is -6.81. The first-order valence-electron chi connectivity index (χ1n) is 31.6. The molecule has 1 aliphatic carbocycles. The molecule has 0 radical (unpaired) electrons.